The topological polar surface area (TPSA) is 89.7 Å². The fourth-order valence-corrected chi connectivity index (χ4v) is 2.72. The van der Waals surface area contributed by atoms with Crippen LogP contribution < -0.4 is 14.2 Å². The Hall–Kier alpha value is -3.87. The first kappa shape index (κ1) is 22.8. The zero-order chi connectivity index (χ0) is 23.0. The van der Waals surface area contributed by atoms with Gasteiger partial charge >= 0.3 is 5.97 Å². The Morgan fingerprint density at radius 3 is 1.81 bits per heavy atom. The van der Waals surface area contributed by atoms with Gasteiger partial charge in [-0.05, 0) is 80.1 Å². The van der Waals surface area contributed by atoms with Crippen molar-refractivity contribution in [2.45, 2.75) is 25.9 Å². The Bertz CT molecular complexity index is 1040. The van der Waals surface area contributed by atoms with Crippen LogP contribution in [0.15, 0.2) is 83.0 Å². The lowest BCUT2D eigenvalue weighted by atomic mass is 10.1. The highest BCUT2D eigenvalue weighted by molar-refractivity contribution is 5.76. The monoisotopic (exact) mass is 434 g/mol. The molecule has 0 saturated heterocycles. The minimum Gasteiger partial charge on any atom is -0.497 e. The third kappa shape index (κ3) is 6.57. The first-order chi connectivity index (χ1) is 15.4. The van der Waals surface area contributed by atoms with Crippen LogP contribution in [0.4, 0.5) is 11.4 Å². The fourth-order valence-electron chi connectivity index (χ4n) is 2.72. The summed E-state index contributed by atoms with van der Waals surface area (Å²) in [5.74, 6) is 1.03. The predicted octanol–water partition coefficient (Wildman–Crippen LogP) is 5.97. The highest BCUT2D eigenvalue weighted by Gasteiger charge is 2.29. The van der Waals surface area contributed by atoms with Crippen LogP contribution in [0.2, 0.25) is 0 Å². The highest BCUT2D eigenvalue weighted by Crippen LogP contribution is 2.23. The van der Waals surface area contributed by atoms with Gasteiger partial charge in [-0.3, -0.25) is 0 Å². The van der Waals surface area contributed by atoms with E-state index in [0.29, 0.717) is 18.8 Å². The number of ether oxygens (including phenoxy) is 3. The quantitative estimate of drug-likeness (QED) is 0.397. The number of carboxylic acid groups (broad SMARTS) is 1. The van der Waals surface area contributed by atoms with E-state index in [2.05, 4.69) is 10.2 Å². The number of aliphatic carboxylic acids is 1. The molecule has 3 aromatic carbocycles. The van der Waals surface area contributed by atoms with Gasteiger partial charge in [0.1, 0.15) is 17.2 Å². The molecule has 3 aromatic rings. The number of nitrogens with zero attached hydrogens (tertiary/aromatic N) is 2. The van der Waals surface area contributed by atoms with E-state index in [1.54, 1.807) is 19.2 Å². The summed E-state index contributed by atoms with van der Waals surface area (Å²) in [5, 5.41) is 17.6. The van der Waals surface area contributed by atoms with Crippen LogP contribution in [0.25, 0.3) is 0 Å². The number of hydrogen-bond acceptors (Lipinski definition) is 6. The molecule has 0 bridgehead atoms. The molecule has 0 fully saturated rings. The van der Waals surface area contributed by atoms with Crippen LogP contribution in [0.1, 0.15) is 19.4 Å². The second-order valence-corrected chi connectivity index (χ2v) is 7.55. The van der Waals surface area contributed by atoms with Crippen molar-refractivity contribution in [3.8, 4) is 17.2 Å². The molecule has 32 heavy (non-hydrogen) atoms. The molecule has 1 N–H and O–H groups in total. The average molecular weight is 434 g/mol. The van der Waals surface area contributed by atoms with Crippen molar-refractivity contribution in [1.82, 2.24) is 0 Å². The molecule has 0 amide bonds. The maximum atomic E-state index is 11.2. The Balaban J connectivity index is 1.47. The summed E-state index contributed by atoms with van der Waals surface area (Å²) in [6, 6.07) is 22.1. The van der Waals surface area contributed by atoms with Gasteiger partial charge in [0.25, 0.3) is 0 Å². The number of benzene rings is 3. The van der Waals surface area contributed by atoms with Crippen LogP contribution in [-0.2, 0) is 11.2 Å². The van der Waals surface area contributed by atoms with Gasteiger partial charge in [-0.2, -0.15) is 10.2 Å². The van der Waals surface area contributed by atoms with E-state index >= 15 is 0 Å². The zero-order valence-electron chi connectivity index (χ0n) is 18.3. The number of rotatable bonds is 10. The lowest BCUT2D eigenvalue weighted by molar-refractivity contribution is -0.152. The number of hydrogen-bond donors (Lipinski definition) is 1. The van der Waals surface area contributed by atoms with E-state index < -0.39 is 11.6 Å². The molecule has 0 radical (unpaired) electrons. The van der Waals surface area contributed by atoms with Gasteiger partial charge in [0.15, 0.2) is 5.60 Å². The SMILES string of the molecule is COc1ccc(N=Nc2ccc(OCCc3ccc(OC(C)(C)C(=O)O)cc3)cc2)cc1. The van der Waals surface area contributed by atoms with Crippen molar-refractivity contribution in [3.05, 3.63) is 78.4 Å². The van der Waals surface area contributed by atoms with Crippen molar-refractivity contribution in [3.63, 3.8) is 0 Å². The molecule has 0 aromatic heterocycles. The molecular weight excluding hydrogens is 408 g/mol. The van der Waals surface area contributed by atoms with E-state index in [4.69, 9.17) is 19.3 Å². The zero-order valence-corrected chi connectivity index (χ0v) is 18.3. The van der Waals surface area contributed by atoms with Crippen molar-refractivity contribution in [2.24, 2.45) is 10.2 Å². The molecule has 7 nitrogen and oxygen atoms in total. The molecular formula is C25H26N2O5. The number of carbonyl (C=O) groups is 1. The second-order valence-electron chi connectivity index (χ2n) is 7.55. The second kappa shape index (κ2) is 10.4. The van der Waals surface area contributed by atoms with Gasteiger partial charge in [-0.1, -0.05) is 12.1 Å². The first-order valence-corrected chi connectivity index (χ1v) is 10.2. The van der Waals surface area contributed by atoms with Crippen LogP contribution in [-0.4, -0.2) is 30.4 Å². The predicted molar refractivity (Wildman–Crippen MR) is 122 cm³/mol. The third-order valence-corrected chi connectivity index (χ3v) is 4.66. The van der Waals surface area contributed by atoms with E-state index in [0.717, 1.165) is 28.4 Å². The Kier molecular flexibility index (Phi) is 7.44. The first-order valence-electron chi connectivity index (χ1n) is 10.2. The standard InChI is InChI=1S/C25H26N2O5/c1-25(2,24(28)29)32-23-10-4-18(5-11-23)16-17-31-22-14-8-20(9-15-22)27-26-19-6-12-21(30-3)13-7-19/h4-15H,16-17H2,1-3H3,(H,28,29). The van der Waals surface area contributed by atoms with E-state index in [9.17, 15) is 4.79 Å². The van der Waals surface area contributed by atoms with E-state index in [1.807, 2.05) is 60.7 Å². The Morgan fingerprint density at radius 1 is 0.812 bits per heavy atom. The molecule has 0 aliphatic carbocycles. The summed E-state index contributed by atoms with van der Waals surface area (Å²) >= 11 is 0. The lowest BCUT2D eigenvalue weighted by Gasteiger charge is -2.21. The molecule has 0 saturated carbocycles. The van der Waals surface area contributed by atoms with Crippen molar-refractivity contribution >= 4 is 17.3 Å². The maximum absolute atomic E-state index is 11.2. The summed E-state index contributed by atoms with van der Waals surface area (Å²) in [4.78, 5) is 11.2. The molecule has 0 aliphatic rings. The number of methoxy groups -OCH3 is 1. The van der Waals surface area contributed by atoms with E-state index in [-0.39, 0.29) is 0 Å². The van der Waals surface area contributed by atoms with Crippen LogP contribution in [0, 0.1) is 0 Å². The molecule has 0 heterocycles. The summed E-state index contributed by atoms with van der Waals surface area (Å²) in [7, 11) is 1.62. The molecule has 0 atom stereocenters. The van der Waals surface area contributed by atoms with Gasteiger partial charge in [-0.15, -0.1) is 0 Å². The average Bonchev–Trinajstić information content (AvgIpc) is 2.80. The molecule has 0 aliphatic heterocycles. The molecule has 3 rings (SSSR count). The Labute approximate surface area is 187 Å². The van der Waals surface area contributed by atoms with Crippen LogP contribution in [0.5, 0.6) is 17.2 Å². The summed E-state index contributed by atoms with van der Waals surface area (Å²) < 4.78 is 16.4. The van der Waals surface area contributed by atoms with Crippen molar-refractivity contribution < 1.29 is 24.1 Å². The van der Waals surface area contributed by atoms with Gasteiger partial charge < -0.3 is 19.3 Å². The smallest absolute Gasteiger partial charge is 0.347 e. The van der Waals surface area contributed by atoms with Crippen LogP contribution in [0.3, 0.4) is 0 Å². The van der Waals surface area contributed by atoms with Gasteiger partial charge in [-0.25, -0.2) is 4.79 Å². The fraction of sp³-hybridized carbons (Fsp3) is 0.240. The van der Waals surface area contributed by atoms with E-state index in [1.165, 1.54) is 13.8 Å². The summed E-state index contributed by atoms with van der Waals surface area (Å²) in [5.41, 5.74) is 1.27. The summed E-state index contributed by atoms with van der Waals surface area (Å²) in [6.07, 6.45) is 0.710. The molecule has 166 valence electrons. The summed E-state index contributed by atoms with van der Waals surface area (Å²) in [6.45, 7) is 3.54. The van der Waals surface area contributed by atoms with Gasteiger partial charge in [0, 0.05) is 6.42 Å². The molecule has 7 heteroatoms. The number of azo groups is 1. The minimum atomic E-state index is -1.27. The molecule has 0 spiro atoms. The number of carboxylic acids is 1. The third-order valence-electron chi connectivity index (χ3n) is 4.66. The minimum absolute atomic E-state index is 0.507. The maximum Gasteiger partial charge on any atom is 0.347 e. The Morgan fingerprint density at radius 2 is 1.31 bits per heavy atom. The van der Waals surface area contributed by atoms with Crippen LogP contribution >= 0.6 is 0 Å². The lowest BCUT2D eigenvalue weighted by Crippen LogP contribution is -2.37. The molecule has 0 unspecified atom stereocenters. The largest absolute Gasteiger partial charge is 0.497 e. The van der Waals surface area contributed by atoms with Crippen molar-refractivity contribution in [1.29, 1.82) is 0 Å². The van der Waals surface area contributed by atoms with Crippen molar-refractivity contribution in [2.75, 3.05) is 13.7 Å². The van der Waals surface area contributed by atoms with Gasteiger partial charge in [0.2, 0.25) is 0 Å². The highest BCUT2D eigenvalue weighted by atomic mass is 16.5. The van der Waals surface area contributed by atoms with Gasteiger partial charge in [0.05, 0.1) is 25.1 Å². The normalized spacial score (nSPS) is 11.3.